The van der Waals surface area contributed by atoms with Crippen LogP contribution in [0.4, 0.5) is 0 Å². The zero-order valence-electron chi connectivity index (χ0n) is 11.4. The van der Waals surface area contributed by atoms with Crippen molar-refractivity contribution in [1.29, 1.82) is 5.26 Å². The molecule has 1 unspecified atom stereocenters. The maximum absolute atomic E-state index is 12.5. The number of carbonyl (C=O) groups excluding carboxylic acids is 1. The maximum atomic E-state index is 12.5. The molecule has 0 aliphatic rings. The predicted molar refractivity (Wildman–Crippen MR) is 83.5 cm³/mol. The molecule has 3 nitrogen and oxygen atoms in total. The zero-order valence-corrected chi connectivity index (χ0v) is 12.2. The third-order valence-electron chi connectivity index (χ3n) is 3.28. The minimum atomic E-state index is -0.842. The number of benzene rings is 2. The number of thiazole rings is 1. The Hall–Kier alpha value is -2.51. The van der Waals surface area contributed by atoms with Gasteiger partial charge in [0.05, 0.1) is 16.3 Å². The second-order valence-electron chi connectivity index (χ2n) is 4.81. The van der Waals surface area contributed by atoms with E-state index in [2.05, 4.69) is 11.1 Å². The second kappa shape index (κ2) is 5.47. The van der Waals surface area contributed by atoms with E-state index in [1.165, 1.54) is 11.3 Å². The van der Waals surface area contributed by atoms with Gasteiger partial charge < -0.3 is 0 Å². The second-order valence-corrected chi connectivity index (χ2v) is 5.87. The molecular weight excluding hydrogens is 280 g/mol. The third kappa shape index (κ3) is 2.56. The van der Waals surface area contributed by atoms with Crippen LogP contribution in [0, 0.1) is 18.3 Å². The van der Waals surface area contributed by atoms with Crippen molar-refractivity contribution >= 4 is 27.3 Å². The minimum Gasteiger partial charge on any atom is -0.292 e. The SMILES string of the molecule is Cc1ccc(C(=O)C(C#N)c2nc3ccccc3s2)cc1. The molecule has 0 aliphatic heterocycles. The number of para-hydroxylation sites is 1. The number of aromatic nitrogens is 1. The summed E-state index contributed by atoms with van der Waals surface area (Å²) in [6, 6.07) is 17.0. The van der Waals surface area contributed by atoms with Gasteiger partial charge in [0.15, 0.2) is 11.7 Å². The number of nitriles is 1. The highest BCUT2D eigenvalue weighted by Crippen LogP contribution is 2.29. The van der Waals surface area contributed by atoms with Crippen LogP contribution < -0.4 is 0 Å². The highest BCUT2D eigenvalue weighted by molar-refractivity contribution is 7.18. The predicted octanol–water partition coefficient (Wildman–Crippen LogP) is 4.09. The van der Waals surface area contributed by atoms with E-state index in [1.54, 1.807) is 12.1 Å². The smallest absolute Gasteiger partial charge is 0.186 e. The number of fused-ring (bicyclic) bond motifs is 1. The van der Waals surface area contributed by atoms with Gasteiger partial charge in [-0.25, -0.2) is 4.98 Å². The van der Waals surface area contributed by atoms with Crippen LogP contribution in [0.1, 0.15) is 26.8 Å². The summed E-state index contributed by atoms with van der Waals surface area (Å²) in [5.41, 5.74) is 2.46. The Kier molecular flexibility index (Phi) is 3.51. The average molecular weight is 292 g/mol. The summed E-state index contributed by atoms with van der Waals surface area (Å²) in [5, 5.41) is 9.95. The number of rotatable bonds is 3. The van der Waals surface area contributed by atoms with E-state index in [0.717, 1.165) is 15.8 Å². The van der Waals surface area contributed by atoms with Gasteiger partial charge in [0, 0.05) is 5.56 Å². The molecule has 0 bridgehead atoms. The molecule has 1 aromatic heterocycles. The van der Waals surface area contributed by atoms with Gasteiger partial charge in [-0.3, -0.25) is 4.79 Å². The Morgan fingerprint density at radius 1 is 1.19 bits per heavy atom. The van der Waals surface area contributed by atoms with Crippen LogP contribution in [0.5, 0.6) is 0 Å². The molecule has 1 atom stereocenters. The molecule has 0 saturated carbocycles. The molecule has 2 aromatic carbocycles. The molecule has 4 heteroatoms. The lowest BCUT2D eigenvalue weighted by Gasteiger charge is -2.05. The number of hydrogen-bond donors (Lipinski definition) is 0. The van der Waals surface area contributed by atoms with Crippen molar-refractivity contribution in [2.45, 2.75) is 12.8 Å². The van der Waals surface area contributed by atoms with Gasteiger partial charge in [-0.1, -0.05) is 42.0 Å². The summed E-state index contributed by atoms with van der Waals surface area (Å²) >= 11 is 1.40. The molecule has 3 aromatic rings. The summed E-state index contributed by atoms with van der Waals surface area (Å²) in [4.78, 5) is 16.9. The van der Waals surface area contributed by atoms with Crippen LogP contribution in [0.3, 0.4) is 0 Å². The first kappa shape index (κ1) is 13.5. The third-order valence-corrected chi connectivity index (χ3v) is 4.39. The monoisotopic (exact) mass is 292 g/mol. The number of ketones is 1. The Bertz CT molecular complexity index is 810. The summed E-state index contributed by atoms with van der Waals surface area (Å²) in [6.45, 7) is 1.96. The number of carbonyl (C=O) groups is 1. The number of hydrogen-bond acceptors (Lipinski definition) is 4. The van der Waals surface area contributed by atoms with E-state index in [0.29, 0.717) is 10.6 Å². The molecule has 0 saturated heterocycles. The molecule has 0 amide bonds. The fourth-order valence-corrected chi connectivity index (χ4v) is 3.14. The first-order valence-electron chi connectivity index (χ1n) is 6.55. The quantitative estimate of drug-likeness (QED) is 0.683. The fourth-order valence-electron chi connectivity index (χ4n) is 2.12. The zero-order chi connectivity index (χ0) is 14.8. The molecular formula is C17H12N2OS. The maximum Gasteiger partial charge on any atom is 0.186 e. The summed E-state index contributed by atoms with van der Waals surface area (Å²) in [5.74, 6) is -1.04. The lowest BCUT2D eigenvalue weighted by atomic mass is 9.99. The fraction of sp³-hybridized carbons (Fsp3) is 0.118. The lowest BCUT2D eigenvalue weighted by molar-refractivity contribution is 0.0979. The van der Waals surface area contributed by atoms with Crippen molar-refractivity contribution in [3.8, 4) is 6.07 Å². The van der Waals surface area contributed by atoms with Crippen LogP contribution in [-0.2, 0) is 0 Å². The van der Waals surface area contributed by atoms with E-state index in [4.69, 9.17) is 0 Å². The highest BCUT2D eigenvalue weighted by atomic mass is 32.1. The molecule has 102 valence electrons. The number of Topliss-reactive ketones (excluding diaryl/α,β-unsaturated/α-hetero) is 1. The summed E-state index contributed by atoms with van der Waals surface area (Å²) in [6.07, 6.45) is 0. The van der Waals surface area contributed by atoms with Gasteiger partial charge in [-0.15, -0.1) is 11.3 Å². The topological polar surface area (TPSA) is 53.8 Å². The average Bonchev–Trinajstić information content (AvgIpc) is 2.92. The van der Waals surface area contributed by atoms with E-state index in [-0.39, 0.29) is 5.78 Å². The van der Waals surface area contributed by atoms with Crippen LogP contribution in [0.25, 0.3) is 10.2 Å². The Labute approximate surface area is 126 Å². The van der Waals surface area contributed by atoms with E-state index < -0.39 is 5.92 Å². The van der Waals surface area contributed by atoms with Crippen molar-refractivity contribution in [2.24, 2.45) is 0 Å². The van der Waals surface area contributed by atoms with Crippen molar-refractivity contribution < 1.29 is 4.79 Å². The standard InChI is InChI=1S/C17H12N2OS/c1-11-6-8-12(9-7-11)16(20)13(10-18)17-19-14-4-2-3-5-15(14)21-17/h2-9,13H,1H3. The molecule has 0 N–H and O–H groups in total. The van der Waals surface area contributed by atoms with E-state index >= 15 is 0 Å². The van der Waals surface area contributed by atoms with Gasteiger partial charge in [-0.2, -0.15) is 5.26 Å². The van der Waals surface area contributed by atoms with Crippen LogP contribution in [-0.4, -0.2) is 10.8 Å². The van der Waals surface area contributed by atoms with E-state index in [9.17, 15) is 10.1 Å². The highest BCUT2D eigenvalue weighted by Gasteiger charge is 2.25. The van der Waals surface area contributed by atoms with Gasteiger partial charge in [0.25, 0.3) is 0 Å². The lowest BCUT2D eigenvalue weighted by Crippen LogP contribution is -2.10. The van der Waals surface area contributed by atoms with Crippen molar-refractivity contribution in [2.75, 3.05) is 0 Å². The Morgan fingerprint density at radius 3 is 2.57 bits per heavy atom. The molecule has 0 fully saturated rings. The molecule has 1 heterocycles. The first-order valence-corrected chi connectivity index (χ1v) is 7.36. The van der Waals surface area contributed by atoms with Crippen LogP contribution >= 0.6 is 11.3 Å². The number of aryl methyl sites for hydroxylation is 1. The largest absolute Gasteiger partial charge is 0.292 e. The molecule has 0 radical (unpaired) electrons. The van der Waals surface area contributed by atoms with Crippen LogP contribution in [0.2, 0.25) is 0 Å². The molecule has 0 aliphatic carbocycles. The van der Waals surface area contributed by atoms with Crippen molar-refractivity contribution in [1.82, 2.24) is 4.98 Å². The normalized spacial score (nSPS) is 12.0. The molecule has 21 heavy (non-hydrogen) atoms. The Morgan fingerprint density at radius 2 is 1.90 bits per heavy atom. The van der Waals surface area contributed by atoms with Gasteiger partial charge >= 0.3 is 0 Å². The number of nitrogens with zero attached hydrogens (tertiary/aromatic N) is 2. The van der Waals surface area contributed by atoms with Gasteiger partial charge in [0.1, 0.15) is 5.01 Å². The first-order chi connectivity index (χ1) is 10.2. The summed E-state index contributed by atoms with van der Waals surface area (Å²) in [7, 11) is 0. The molecule has 3 rings (SSSR count). The van der Waals surface area contributed by atoms with Gasteiger partial charge in [-0.05, 0) is 19.1 Å². The van der Waals surface area contributed by atoms with Crippen LogP contribution in [0.15, 0.2) is 48.5 Å². The minimum absolute atomic E-state index is 0.198. The Balaban J connectivity index is 1.99. The van der Waals surface area contributed by atoms with E-state index in [1.807, 2.05) is 43.3 Å². The van der Waals surface area contributed by atoms with Gasteiger partial charge in [0.2, 0.25) is 0 Å². The van der Waals surface area contributed by atoms with Crippen molar-refractivity contribution in [3.63, 3.8) is 0 Å². The summed E-state index contributed by atoms with van der Waals surface area (Å²) < 4.78 is 0.990. The molecule has 0 spiro atoms. The van der Waals surface area contributed by atoms with Crippen molar-refractivity contribution in [3.05, 3.63) is 64.7 Å².